The summed E-state index contributed by atoms with van der Waals surface area (Å²) in [6, 6.07) is 5.17. The summed E-state index contributed by atoms with van der Waals surface area (Å²) in [6.45, 7) is 1.97. The zero-order chi connectivity index (χ0) is 14.3. The number of amides is 1. The van der Waals surface area contributed by atoms with Crippen LogP contribution in [0.2, 0.25) is 0 Å². The van der Waals surface area contributed by atoms with Crippen LogP contribution in [0.25, 0.3) is 0 Å². The van der Waals surface area contributed by atoms with Crippen molar-refractivity contribution in [1.29, 1.82) is 0 Å². The van der Waals surface area contributed by atoms with Gasteiger partial charge in [0.05, 0.1) is 14.2 Å². The van der Waals surface area contributed by atoms with Gasteiger partial charge in [0, 0.05) is 12.5 Å². The average molecular weight is 261 g/mol. The quantitative estimate of drug-likeness (QED) is 0.799. The summed E-state index contributed by atoms with van der Waals surface area (Å²) in [6.07, 6.45) is 6.55. The molecule has 1 unspecified atom stereocenters. The van der Waals surface area contributed by atoms with Crippen molar-refractivity contribution >= 4 is 5.91 Å². The Kier molecular flexibility index (Phi) is 5.74. The van der Waals surface area contributed by atoms with Gasteiger partial charge in [-0.1, -0.05) is 13.0 Å². The first-order chi connectivity index (χ1) is 9.17. The third kappa shape index (κ3) is 3.65. The fourth-order valence-corrected chi connectivity index (χ4v) is 1.77. The van der Waals surface area contributed by atoms with E-state index in [1.807, 2.05) is 6.92 Å². The molecule has 1 amide bonds. The fourth-order valence-electron chi connectivity index (χ4n) is 1.77. The molecule has 4 heteroatoms. The number of benzene rings is 1. The number of rotatable bonds is 6. The van der Waals surface area contributed by atoms with Gasteiger partial charge in [0.2, 0.25) is 0 Å². The highest BCUT2D eigenvalue weighted by Crippen LogP contribution is 2.28. The van der Waals surface area contributed by atoms with Gasteiger partial charge >= 0.3 is 0 Å². The van der Waals surface area contributed by atoms with E-state index < -0.39 is 0 Å². The maximum Gasteiger partial charge on any atom is 0.259 e. The van der Waals surface area contributed by atoms with E-state index in [2.05, 4.69) is 11.2 Å². The predicted molar refractivity (Wildman–Crippen MR) is 74.5 cm³/mol. The van der Waals surface area contributed by atoms with Crippen LogP contribution in [0.15, 0.2) is 18.2 Å². The minimum atomic E-state index is -0.239. The zero-order valence-electron chi connectivity index (χ0n) is 11.5. The molecule has 1 atom stereocenters. The van der Waals surface area contributed by atoms with Gasteiger partial charge in [0.1, 0.15) is 17.1 Å². The SMILES string of the molecule is C#CCC(CC)NC(=O)c1c(OC)cccc1OC. The normalized spacial score (nSPS) is 11.3. The third-order valence-electron chi connectivity index (χ3n) is 2.85. The van der Waals surface area contributed by atoms with Crippen molar-refractivity contribution in [1.82, 2.24) is 5.32 Å². The molecule has 4 nitrogen and oxygen atoms in total. The molecule has 1 aromatic rings. The molecule has 0 saturated carbocycles. The summed E-state index contributed by atoms with van der Waals surface area (Å²) in [4.78, 5) is 12.3. The Morgan fingerprint density at radius 1 is 1.37 bits per heavy atom. The van der Waals surface area contributed by atoms with Gasteiger partial charge in [-0.3, -0.25) is 4.79 Å². The summed E-state index contributed by atoms with van der Waals surface area (Å²) in [7, 11) is 3.04. The lowest BCUT2D eigenvalue weighted by Crippen LogP contribution is -2.34. The van der Waals surface area contributed by atoms with Gasteiger partial charge < -0.3 is 14.8 Å². The molecule has 0 radical (unpaired) electrons. The van der Waals surface area contributed by atoms with Crippen LogP contribution in [-0.2, 0) is 0 Å². The first-order valence-electron chi connectivity index (χ1n) is 6.13. The number of ether oxygens (including phenoxy) is 2. The van der Waals surface area contributed by atoms with E-state index in [-0.39, 0.29) is 11.9 Å². The Balaban J connectivity index is 3.01. The number of methoxy groups -OCH3 is 2. The zero-order valence-corrected chi connectivity index (χ0v) is 11.5. The predicted octanol–water partition coefficient (Wildman–Crippen LogP) is 2.24. The van der Waals surface area contributed by atoms with Crippen molar-refractivity contribution in [3.63, 3.8) is 0 Å². The largest absolute Gasteiger partial charge is 0.496 e. The second kappa shape index (κ2) is 7.32. The molecule has 19 heavy (non-hydrogen) atoms. The molecule has 0 saturated heterocycles. The van der Waals surface area contributed by atoms with Crippen LogP contribution in [0.3, 0.4) is 0 Å². The number of carbonyl (C=O) groups is 1. The molecule has 0 aromatic heterocycles. The molecule has 0 bridgehead atoms. The molecule has 0 fully saturated rings. The van der Waals surface area contributed by atoms with E-state index >= 15 is 0 Å². The molecular weight excluding hydrogens is 242 g/mol. The van der Waals surface area contributed by atoms with E-state index in [9.17, 15) is 4.79 Å². The molecule has 0 aliphatic rings. The molecular formula is C15H19NO3. The van der Waals surface area contributed by atoms with Crippen LogP contribution in [0.5, 0.6) is 11.5 Å². The summed E-state index contributed by atoms with van der Waals surface area (Å²) in [5.41, 5.74) is 0.392. The highest BCUT2D eigenvalue weighted by molar-refractivity contribution is 5.99. The fraction of sp³-hybridized carbons (Fsp3) is 0.400. The molecule has 102 valence electrons. The Bertz CT molecular complexity index is 455. The molecule has 0 heterocycles. The lowest BCUT2D eigenvalue weighted by molar-refractivity contribution is 0.0930. The Morgan fingerprint density at radius 3 is 2.37 bits per heavy atom. The van der Waals surface area contributed by atoms with Crippen LogP contribution >= 0.6 is 0 Å². The van der Waals surface area contributed by atoms with Crippen molar-refractivity contribution in [2.75, 3.05) is 14.2 Å². The molecule has 0 aliphatic carbocycles. The summed E-state index contributed by atoms with van der Waals surface area (Å²) in [5.74, 6) is 3.27. The average Bonchev–Trinajstić information content (AvgIpc) is 2.45. The van der Waals surface area contributed by atoms with Crippen LogP contribution in [-0.4, -0.2) is 26.2 Å². The summed E-state index contributed by atoms with van der Waals surface area (Å²) < 4.78 is 10.4. The van der Waals surface area contributed by atoms with E-state index in [1.54, 1.807) is 18.2 Å². The first kappa shape index (κ1) is 14.9. The molecule has 1 N–H and O–H groups in total. The minimum Gasteiger partial charge on any atom is -0.496 e. The van der Waals surface area contributed by atoms with Crippen molar-refractivity contribution < 1.29 is 14.3 Å². The monoisotopic (exact) mass is 261 g/mol. The van der Waals surface area contributed by atoms with Crippen molar-refractivity contribution in [3.8, 4) is 23.8 Å². The van der Waals surface area contributed by atoms with Gasteiger partial charge in [-0.15, -0.1) is 12.3 Å². The second-order valence-corrected chi connectivity index (χ2v) is 4.02. The topological polar surface area (TPSA) is 47.6 Å². The number of carbonyl (C=O) groups excluding carboxylic acids is 1. The lowest BCUT2D eigenvalue weighted by atomic mass is 10.1. The van der Waals surface area contributed by atoms with E-state index in [0.29, 0.717) is 23.5 Å². The highest BCUT2D eigenvalue weighted by atomic mass is 16.5. The standard InChI is InChI=1S/C15H19NO3/c1-5-8-11(6-2)16-15(17)14-12(18-3)9-7-10-13(14)19-4/h1,7,9-11H,6,8H2,2-4H3,(H,16,17). The molecule has 0 spiro atoms. The third-order valence-corrected chi connectivity index (χ3v) is 2.85. The Hall–Kier alpha value is -2.15. The number of hydrogen-bond acceptors (Lipinski definition) is 3. The van der Waals surface area contributed by atoms with Crippen LogP contribution in [0.1, 0.15) is 30.1 Å². The molecule has 1 aromatic carbocycles. The van der Waals surface area contributed by atoms with Gasteiger partial charge in [-0.05, 0) is 18.6 Å². The smallest absolute Gasteiger partial charge is 0.259 e. The first-order valence-corrected chi connectivity index (χ1v) is 6.13. The second-order valence-electron chi connectivity index (χ2n) is 4.02. The van der Waals surface area contributed by atoms with Crippen molar-refractivity contribution in [3.05, 3.63) is 23.8 Å². The molecule has 1 rings (SSSR count). The number of terminal acetylenes is 1. The van der Waals surface area contributed by atoms with Gasteiger partial charge in [-0.2, -0.15) is 0 Å². The maximum absolute atomic E-state index is 12.3. The van der Waals surface area contributed by atoms with E-state index in [1.165, 1.54) is 14.2 Å². The van der Waals surface area contributed by atoms with Gasteiger partial charge in [0.25, 0.3) is 5.91 Å². The Morgan fingerprint density at radius 2 is 1.95 bits per heavy atom. The van der Waals surface area contributed by atoms with Crippen LogP contribution in [0, 0.1) is 12.3 Å². The van der Waals surface area contributed by atoms with E-state index in [0.717, 1.165) is 6.42 Å². The minimum absolute atomic E-state index is 0.0490. The van der Waals surface area contributed by atoms with Crippen LogP contribution in [0.4, 0.5) is 0 Å². The van der Waals surface area contributed by atoms with Crippen LogP contribution < -0.4 is 14.8 Å². The van der Waals surface area contributed by atoms with Gasteiger partial charge in [-0.25, -0.2) is 0 Å². The maximum atomic E-state index is 12.3. The molecule has 0 aliphatic heterocycles. The van der Waals surface area contributed by atoms with Gasteiger partial charge in [0.15, 0.2) is 0 Å². The van der Waals surface area contributed by atoms with E-state index in [4.69, 9.17) is 15.9 Å². The number of nitrogens with one attached hydrogen (secondary N) is 1. The lowest BCUT2D eigenvalue weighted by Gasteiger charge is -2.17. The summed E-state index contributed by atoms with van der Waals surface area (Å²) >= 11 is 0. The highest BCUT2D eigenvalue weighted by Gasteiger charge is 2.20. The Labute approximate surface area is 114 Å². The van der Waals surface area contributed by atoms with Crippen molar-refractivity contribution in [2.45, 2.75) is 25.8 Å². The van der Waals surface area contributed by atoms with Crippen molar-refractivity contribution in [2.24, 2.45) is 0 Å². The number of hydrogen-bond donors (Lipinski definition) is 1. The summed E-state index contributed by atoms with van der Waals surface area (Å²) in [5, 5.41) is 2.89.